The van der Waals surface area contributed by atoms with Crippen molar-refractivity contribution in [1.29, 1.82) is 0 Å². The Hall–Kier alpha value is -1.39. The molecule has 22 heavy (non-hydrogen) atoms. The SMILES string of the molecule is CN1CCN(C(=O)CC[C@H]2CCCO2)[C@H](c2ccccc2)C1. The van der Waals surface area contributed by atoms with Crippen molar-refractivity contribution in [3.8, 4) is 0 Å². The average molecular weight is 302 g/mol. The summed E-state index contributed by atoms with van der Waals surface area (Å²) in [6.45, 7) is 3.55. The van der Waals surface area contributed by atoms with Crippen molar-refractivity contribution in [2.75, 3.05) is 33.3 Å². The molecule has 3 rings (SSSR count). The van der Waals surface area contributed by atoms with Gasteiger partial charge in [-0.25, -0.2) is 0 Å². The highest BCUT2D eigenvalue weighted by Crippen LogP contribution is 2.26. The fraction of sp³-hybridized carbons (Fsp3) is 0.611. The van der Waals surface area contributed by atoms with Crippen LogP contribution in [0.1, 0.15) is 37.3 Å². The summed E-state index contributed by atoms with van der Waals surface area (Å²) >= 11 is 0. The molecule has 2 heterocycles. The maximum Gasteiger partial charge on any atom is 0.223 e. The third-order valence-electron chi connectivity index (χ3n) is 4.79. The van der Waals surface area contributed by atoms with Gasteiger partial charge >= 0.3 is 0 Å². The van der Waals surface area contributed by atoms with Crippen LogP contribution in [0.2, 0.25) is 0 Å². The molecule has 2 atom stereocenters. The molecule has 1 aromatic carbocycles. The molecule has 120 valence electrons. The summed E-state index contributed by atoms with van der Waals surface area (Å²) in [7, 11) is 2.13. The largest absolute Gasteiger partial charge is 0.378 e. The van der Waals surface area contributed by atoms with Crippen LogP contribution in [-0.2, 0) is 9.53 Å². The Morgan fingerprint density at radius 1 is 1.27 bits per heavy atom. The Morgan fingerprint density at radius 2 is 2.09 bits per heavy atom. The van der Waals surface area contributed by atoms with Crippen LogP contribution in [0.25, 0.3) is 0 Å². The predicted molar refractivity (Wildman–Crippen MR) is 86.6 cm³/mol. The zero-order chi connectivity index (χ0) is 15.4. The van der Waals surface area contributed by atoms with E-state index in [4.69, 9.17) is 4.74 Å². The van der Waals surface area contributed by atoms with E-state index >= 15 is 0 Å². The summed E-state index contributed by atoms with van der Waals surface area (Å²) in [5, 5.41) is 0. The minimum atomic E-state index is 0.178. The molecule has 0 aromatic heterocycles. The molecule has 1 aromatic rings. The lowest BCUT2D eigenvalue weighted by atomic mass is 10.0. The van der Waals surface area contributed by atoms with Crippen molar-refractivity contribution in [3.63, 3.8) is 0 Å². The lowest BCUT2D eigenvalue weighted by Gasteiger charge is -2.40. The molecule has 2 fully saturated rings. The van der Waals surface area contributed by atoms with Gasteiger partial charge in [-0.3, -0.25) is 4.79 Å². The number of carbonyl (C=O) groups is 1. The fourth-order valence-corrected chi connectivity index (χ4v) is 3.48. The van der Waals surface area contributed by atoms with Crippen molar-refractivity contribution in [1.82, 2.24) is 9.80 Å². The van der Waals surface area contributed by atoms with E-state index in [0.29, 0.717) is 12.5 Å². The fourth-order valence-electron chi connectivity index (χ4n) is 3.48. The number of carbonyl (C=O) groups excluding carboxylic acids is 1. The monoisotopic (exact) mass is 302 g/mol. The van der Waals surface area contributed by atoms with E-state index < -0.39 is 0 Å². The molecule has 2 aliphatic heterocycles. The van der Waals surface area contributed by atoms with E-state index in [2.05, 4.69) is 41.1 Å². The molecule has 4 nitrogen and oxygen atoms in total. The van der Waals surface area contributed by atoms with Crippen LogP contribution in [0.3, 0.4) is 0 Å². The van der Waals surface area contributed by atoms with Gasteiger partial charge in [-0.15, -0.1) is 0 Å². The minimum Gasteiger partial charge on any atom is -0.378 e. The third kappa shape index (κ3) is 3.68. The molecule has 1 amide bonds. The van der Waals surface area contributed by atoms with Crippen molar-refractivity contribution in [2.24, 2.45) is 0 Å². The molecule has 0 bridgehead atoms. The normalized spacial score (nSPS) is 26.3. The van der Waals surface area contributed by atoms with Crippen molar-refractivity contribution < 1.29 is 9.53 Å². The molecule has 0 radical (unpaired) electrons. The molecule has 0 aliphatic carbocycles. The van der Waals surface area contributed by atoms with Crippen LogP contribution in [0.4, 0.5) is 0 Å². The predicted octanol–water partition coefficient (Wildman–Crippen LogP) is 2.46. The maximum atomic E-state index is 12.7. The summed E-state index contributed by atoms with van der Waals surface area (Å²) in [5.74, 6) is 0.275. The highest BCUT2D eigenvalue weighted by Gasteiger charge is 2.30. The first-order chi connectivity index (χ1) is 10.7. The first kappa shape index (κ1) is 15.5. The van der Waals surface area contributed by atoms with Crippen LogP contribution >= 0.6 is 0 Å². The first-order valence-corrected chi connectivity index (χ1v) is 8.38. The van der Waals surface area contributed by atoms with Gasteiger partial charge in [-0.05, 0) is 31.9 Å². The molecule has 0 saturated carbocycles. The number of hydrogen-bond acceptors (Lipinski definition) is 3. The Labute approximate surface area is 133 Å². The van der Waals surface area contributed by atoms with Gasteiger partial charge in [0.2, 0.25) is 5.91 Å². The van der Waals surface area contributed by atoms with E-state index in [1.807, 2.05) is 6.07 Å². The van der Waals surface area contributed by atoms with Crippen LogP contribution in [0.15, 0.2) is 30.3 Å². The number of piperazine rings is 1. The van der Waals surface area contributed by atoms with Gasteiger partial charge in [0, 0.05) is 32.7 Å². The maximum absolute atomic E-state index is 12.7. The van der Waals surface area contributed by atoms with Crippen molar-refractivity contribution in [2.45, 2.75) is 37.8 Å². The summed E-state index contributed by atoms with van der Waals surface area (Å²) in [6.07, 6.45) is 4.02. The van der Waals surface area contributed by atoms with Crippen molar-refractivity contribution >= 4 is 5.91 Å². The lowest BCUT2D eigenvalue weighted by Crippen LogP contribution is -2.49. The van der Waals surface area contributed by atoms with Crippen LogP contribution in [0, 0.1) is 0 Å². The molecule has 2 saturated heterocycles. The number of likely N-dealkylation sites (N-methyl/N-ethyl adjacent to an activating group) is 1. The standard InChI is InChI=1S/C18H26N2O2/c1-19-11-12-20(17(14-19)15-6-3-2-4-7-15)18(21)10-9-16-8-5-13-22-16/h2-4,6-7,16-17H,5,8-14H2,1H3/t16-,17+/m1/s1. The van der Waals surface area contributed by atoms with Gasteiger partial charge in [0.25, 0.3) is 0 Å². The average Bonchev–Trinajstić information content (AvgIpc) is 3.07. The second-order valence-corrected chi connectivity index (χ2v) is 6.45. The molecular weight excluding hydrogens is 276 g/mol. The topological polar surface area (TPSA) is 32.8 Å². The molecule has 0 spiro atoms. The summed E-state index contributed by atoms with van der Waals surface area (Å²) in [6, 6.07) is 10.6. The Kier molecular flexibility index (Phi) is 5.11. The quantitative estimate of drug-likeness (QED) is 0.856. The van der Waals surface area contributed by atoms with Crippen LogP contribution in [-0.4, -0.2) is 55.1 Å². The molecule has 0 N–H and O–H groups in total. The summed E-state index contributed by atoms with van der Waals surface area (Å²) in [5.41, 5.74) is 1.24. The van der Waals surface area contributed by atoms with Gasteiger partial charge in [0.1, 0.15) is 0 Å². The van der Waals surface area contributed by atoms with E-state index in [-0.39, 0.29) is 11.9 Å². The van der Waals surface area contributed by atoms with Gasteiger partial charge in [0.05, 0.1) is 12.1 Å². The smallest absolute Gasteiger partial charge is 0.223 e. The van der Waals surface area contributed by atoms with Gasteiger partial charge in [-0.2, -0.15) is 0 Å². The molecule has 4 heteroatoms. The molecular formula is C18H26N2O2. The molecule has 0 unspecified atom stereocenters. The second kappa shape index (κ2) is 7.25. The number of nitrogens with zero attached hydrogens (tertiary/aromatic N) is 2. The highest BCUT2D eigenvalue weighted by molar-refractivity contribution is 5.77. The van der Waals surface area contributed by atoms with E-state index in [9.17, 15) is 4.79 Å². The Morgan fingerprint density at radius 3 is 2.82 bits per heavy atom. The van der Waals surface area contributed by atoms with Crippen LogP contribution < -0.4 is 0 Å². The number of hydrogen-bond donors (Lipinski definition) is 0. The lowest BCUT2D eigenvalue weighted by molar-refractivity contribution is -0.136. The highest BCUT2D eigenvalue weighted by atomic mass is 16.5. The second-order valence-electron chi connectivity index (χ2n) is 6.45. The molecule has 2 aliphatic rings. The number of rotatable bonds is 4. The number of amides is 1. The number of ether oxygens (including phenoxy) is 1. The van der Waals surface area contributed by atoms with E-state index in [0.717, 1.165) is 45.5 Å². The van der Waals surface area contributed by atoms with Gasteiger partial charge in [0.15, 0.2) is 0 Å². The Balaban J connectivity index is 1.65. The number of benzene rings is 1. The van der Waals surface area contributed by atoms with Gasteiger partial charge in [-0.1, -0.05) is 30.3 Å². The zero-order valence-electron chi connectivity index (χ0n) is 13.4. The zero-order valence-corrected chi connectivity index (χ0v) is 13.4. The van der Waals surface area contributed by atoms with E-state index in [1.165, 1.54) is 5.56 Å². The van der Waals surface area contributed by atoms with E-state index in [1.54, 1.807) is 0 Å². The first-order valence-electron chi connectivity index (χ1n) is 8.38. The summed E-state index contributed by atoms with van der Waals surface area (Å²) < 4.78 is 5.64. The summed E-state index contributed by atoms with van der Waals surface area (Å²) in [4.78, 5) is 17.1. The van der Waals surface area contributed by atoms with Crippen molar-refractivity contribution in [3.05, 3.63) is 35.9 Å². The van der Waals surface area contributed by atoms with Gasteiger partial charge < -0.3 is 14.5 Å². The Bertz CT molecular complexity index is 485. The third-order valence-corrected chi connectivity index (χ3v) is 4.79. The minimum absolute atomic E-state index is 0.178. The van der Waals surface area contributed by atoms with Crippen LogP contribution in [0.5, 0.6) is 0 Å².